The molecule has 1 amide bonds. The van der Waals surface area contributed by atoms with E-state index >= 15 is 0 Å². The van der Waals surface area contributed by atoms with E-state index < -0.39 is 0 Å². The average Bonchev–Trinajstić information content (AvgIpc) is 3.14. The van der Waals surface area contributed by atoms with Gasteiger partial charge >= 0.3 is 0 Å². The quantitative estimate of drug-likeness (QED) is 0.505. The van der Waals surface area contributed by atoms with Gasteiger partial charge < -0.3 is 5.32 Å². The van der Waals surface area contributed by atoms with E-state index in [9.17, 15) is 4.79 Å². The Morgan fingerprint density at radius 2 is 1.41 bits per heavy atom. The van der Waals surface area contributed by atoms with Gasteiger partial charge in [-0.2, -0.15) is 0 Å². The van der Waals surface area contributed by atoms with Crippen molar-refractivity contribution in [3.8, 4) is 0 Å². The minimum Gasteiger partial charge on any atom is -0.301 e. The molecule has 1 unspecified atom stereocenters. The van der Waals surface area contributed by atoms with Gasteiger partial charge in [-0.15, -0.1) is 0 Å². The summed E-state index contributed by atoms with van der Waals surface area (Å²) < 4.78 is 0. The number of rotatable bonds is 5. The van der Waals surface area contributed by atoms with Gasteiger partial charge in [0, 0.05) is 17.4 Å². The first-order valence-electron chi connectivity index (χ1n) is 9.98. The molecule has 1 N–H and O–H groups in total. The third kappa shape index (κ3) is 3.30. The first-order chi connectivity index (χ1) is 14.3. The van der Waals surface area contributed by atoms with Gasteiger partial charge in [0.2, 0.25) is 5.91 Å². The van der Waals surface area contributed by atoms with Crippen molar-refractivity contribution in [2.24, 2.45) is 0 Å². The van der Waals surface area contributed by atoms with E-state index in [2.05, 4.69) is 41.7 Å². The Hall–Kier alpha value is -3.43. The van der Waals surface area contributed by atoms with Crippen LogP contribution in [-0.4, -0.2) is 12.5 Å². The van der Waals surface area contributed by atoms with Crippen molar-refractivity contribution < 1.29 is 4.79 Å². The van der Waals surface area contributed by atoms with Gasteiger partial charge in [0.1, 0.15) is 0 Å². The van der Waals surface area contributed by atoms with Crippen molar-refractivity contribution in [3.63, 3.8) is 0 Å². The Labute approximate surface area is 170 Å². The molecule has 4 aromatic carbocycles. The first kappa shape index (κ1) is 17.7. The zero-order valence-corrected chi connectivity index (χ0v) is 16.1. The number of hydrogen-bond acceptors (Lipinski definition) is 2. The Morgan fingerprint density at radius 1 is 0.793 bits per heavy atom. The lowest BCUT2D eigenvalue weighted by atomic mass is 10.0. The zero-order valence-electron chi connectivity index (χ0n) is 16.1. The lowest BCUT2D eigenvalue weighted by Crippen LogP contribution is -2.36. The van der Waals surface area contributed by atoms with Gasteiger partial charge in [-0.05, 0) is 52.6 Å². The number of carbonyl (C=O) groups is 1. The van der Waals surface area contributed by atoms with Gasteiger partial charge in [-0.1, -0.05) is 72.8 Å². The number of benzene rings is 4. The van der Waals surface area contributed by atoms with Gasteiger partial charge in [0.25, 0.3) is 0 Å². The summed E-state index contributed by atoms with van der Waals surface area (Å²) in [5.41, 5.74) is 4.40. The maximum atomic E-state index is 13.3. The lowest BCUT2D eigenvalue weighted by Gasteiger charge is -2.24. The molecule has 4 aromatic rings. The molecule has 29 heavy (non-hydrogen) atoms. The van der Waals surface area contributed by atoms with Gasteiger partial charge in [0.15, 0.2) is 0 Å². The molecular formula is C26H22N2O. The monoisotopic (exact) mass is 378 g/mol. The summed E-state index contributed by atoms with van der Waals surface area (Å²) in [6, 6.07) is 32.7. The van der Waals surface area contributed by atoms with Crippen LogP contribution in [-0.2, 0) is 11.2 Å². The van der Waals surface area contributed by atoms with E-state index in [1.54, 1.807) is 4.90 Å². The number of nitrogens with zero attached hydrogens (tertiary/aromatic N) is 1. The molecule has 1 aliphatic rings. The molecule has 0 saturated carbocycles. The molecule has 0 aromatic heterocycles. The van der Waals surface area contributed by atoms with Crippen LogP contribution in [0.4, 0.5) is 11.4 Å². The van der Waals surface area contributed by atoms with E-state index in [4.69, 9.17) is 0 Å². The highest BCUT2D eigenvalue weighted by Gasteiger charge is 2.25. The van der Waals surface area contributed by atoms with Crippen LogP contribution in [0.3, 0.4) is 0 Å². The lowest BCUT2D eigenvalue weighted by molar-refractivity contribution is -0.117. The fourth-order valence-electron chi connectivity index (χ4n) is 4.30. The molecule has 5 rings (SSSR count). The maximum absolute atomic E-state index is 13.3. The molecule has 1 aliphatic carbocycles. The number of hydrogen-bond donors (Lipinski definition) is 1. The van der Waals surface area contributed by atoms with Crippen molar-refractivity contribution in [1.82, 2.24) is 5.32 Å². The average molecular weight is 378 g/mol. The second-order valence-corrected chi connectivity index (χ2v) is 7.40. The summed E-state index contributed by atoms with van der Waals surface area (Å²) in [5.74, 6) is 0.0329. The highest BCUT2D eigenvalue weighted by atomic mass is 16.2. The van der Waals surface area contributed by atoms with Crippen molar-refractivity contribution in [2.45, 2.75) is 12.5 Å². The van der Waals surface area contributed by atoms with Gasteiger partial charge in [0.05, 0.1) is 6.54 Å². The normalized spacial score (nSPS) is 14.8. The van der Waals surface area contributed by atoms with Crippen molar-refractivity contribution in [2.75, 3.05) is 11.4 Å². The molecule has 0 fully saturated rings. The largest absolute Gasteiger partial charge is 0.301 e. The maximum Gasteiger partial charge on any atom is 0.245 e. The molecule has 0 spiro atoms. The van der Waals surface area contributed by atoms with Gasteiger partial charge in [-0.25, -0.2) is 0 Å². The summed E-state index contributed by atoms with van der Waals surface area (Å²) in [6.07, 6.45) is 0.917. The molecule has 0 radical (unpaired) electrons. The van der Waals surface area contributed by atoms with Crippen molar-refractivity contribution in [3.05, 3.63) is 108 Å². The Kier molecular flexibility index (Phi) is 4.59. The molecule has 3 nitrogen and oxygen atoms in total. The number of nitrogens with one attached hydrogen (secondary N) is 1. The third-order valence-electron chi connectivity index (χ3n) is 5.60. The predicted molar refractivity (Wildman–Crippen MR) is 118 cm³/mol. The molecule has 142 valence electrons. The number of para-hydroxylation sites is 2. The highest BCUT2D eigenvalue weighted by molar-refractivity contribution is 6.01. The van der Waals surface area contributed by atoms with Crippen LogP contribution in [0.25, 0.3) is 10.8 Å². The summed E-state index contributed by atoms with van der Waals surface area (Å²) in [4.78, 5) is 15.1. The second-order valence-electron chi connectivity index (χ2n) is 7.40. The van der Waals surface area contributed by atoms with E-state index in [-0.39, 0.29) is 18.5 Å². The smallest absolute Gasteiger partial charge is 0.245 e. The van der Waals surface area contributed by atoms with E-state index in [1.165, 1.54) is 21.9 Å². The summed E-state index contributed by atoms with van der Waals surface area (Å²) >= 11 is 0. The van der Waals surface area contributed by atoms with E-state index in [0.717, 1.165) is 17.8 Å². The number of anilines is 2. The van der Waals surface area contributed by atoms with Crippen LogP contribution >= 0.6 is 0 Å². The van der Waals surface area contributed by atoms with Crippen LogP contribution < -0.4 is 10.2 Å². The molecule has 0 bridgehead atoms. The summed E-state index contributed by atoms with van der Waals surface area (Å²) in [7, 11) is 0. The van der Waals surface area contributed by atoms with Gasteiger partial charge in [-0.3, -0.25) is 9.69 Å². The Morgan fingerprint density at radius 3 is 2.07 bits per heavy atom. The van der Waals surface area contributed by atoms with Crippen LogP contribution in [0, 0.1) is 0 Å². The molecule has 3 heteroatoms. The van der Waals surface area contributed by atoms with Crippen molar-refractivity contribution in [1.29, 1.82) is 0 Å². The molecular weight excluding hydrogens is 356 g/mol. The van der Waals surface area contributed by atoms with Crippen molar-refractivity contribution >= 4 is 28.1 Å². The van der Waals surface area contributed by atoms with Crippen LogP contribution in [0.1, 0.15) is 17.2 Å². The Balaban J connectivity index is 1.39. The highest BCUT2D eigenvalue weighted by Crippen LogP contribution is 2.36. The van der Waals surface area contributed by atoms with Crippen LogP contribution in [0.2, 0.25) is 0 Å². The second kappa shape index (κ2) is 7.53. The number of carbonyl (C=O) groups excluding carboxylic acids is 1. The molecule has 0 saturated heterocycles. The minimum atomic E-state index is 0.0329. The van der Waals surface area contributed by atoms with E-state index in [1.807, 2.05) is 60.7 Å². The minimum absolute atomic E-state index is 0.0329. The first-order valence-corrected chi connectivity index (χ1v) is 9.98. The third-order valence-corrected chi connectivity index (χ3v) is 5.60. The standard InChI is InChI=1S/C26H22N2O/c29-25(28(21-12-3-1-4-13-21)22-14-5-2-6-15-22)18-27-24-17-20-11-7-9-19-10-8-16-23(24)26(19)20/h1-16,24,27H,17-18H2. The Bertz CT molecular complexity index is 1110. The fourth-order valence-corrected chi connectivity index (χ4v) is 4.30. The molecule has 1 atom stereocenters. The van der Waals surface area contributed by atoms with Crippen LogP contribution in [0.15, 0.2) is 97.1 Å². The zero-order chi connectivity index (χ0) is 19.6. The van der Waals surface area contributed by atoms with E-state index in [0.29, 0.717) is 0 Å². The molecule has 0 heterocycles. The van der Waals surface area contributed by atoms with Crippen LogP contribution in [0.5, 0.6) is 0 Å². The summed E-state index contributed by atoms with van der Waals surface area (Å²) in [5, 5.41) is 6.12. The predicted octanol–water partition coefficient (Wildman–Crippen LogP) is 5.39. The summed E-state index contributed by atoms with van der Waals surface area (Å²) in [6.45, 7) is 0.277. The topological polar surface area (TPSA) is 32.3 Å². The fraction of sp³-hybridized carbons (Fsp3) is 0.115. The SMILES string of the molecule is O=C(CNC1Cc2cccc3cccc1c23)N(c1ccccc1)c1ccccc1. The molecule has 0 aliphatic heterocycles. The number of amides is 1.